The van der Waals surface area contributed by atoms with E-state index in [1.807, 2.05) is 60.0 Å². The Morgan fingerprint density at radius 2 is 1.70 bits per heavy atom. The van der Waals surface area contributed by atoms with Gasteiger partial charge in [-0.1, -0.05) is 54.6 Å². The quantitative estimate of drug-likeness (QED) is 0.432. The summed E-state index contributed by atoms with van der Waals surface area (Å²) in [6.45, 7) is 0. The fraction of sp³-hybridized carbons (Fsp3) is 0.125. The summed E-state index contributed by atoms with van der Waals surface area (Å²) in [5.74, 6) is -0.859. The molecule has 0 aliphatic rings. The molecule has 0 fully saturated rings. The van der Waals surface area contributed by atoms with Gasteiger partial charge < -0.3 is 9.64 Å². The first-order chi connectivity index (χ1) is 14.5. The Hall–Kier alpha value is -3.51. The van der Waals surface area contributed by atoms with Gasteiger partial charge in [0.25, 0.3) is 5.91 Å². The zero-order valence-corrected chi connectivity index (χ0v) is 17.4. The molecule has 0 spiro atoms. The van der Waals surface area contributed by atoms with Crippen LogP contribution in [0, 0.1) is 0 Å². The lowest BCUT2D eigenvalue weighted by Crippen LogP contribution is -2.31. The minimum atomic E-state index is -1.02. The average Bonchev–Trinajstić information content (AvgIpc) is 3.31. The van der Waals surface area contributed by atoms with Crippen molar-refractivity contribution in [3.05, 3.63) is 89.3 Å². The smallest absolute Gasteiger partial charge is 0.340 e. The number of benzene rings is 2. The lowest BCUT2D eigenvalue weighted by Gasteiger charge is -2.21. The summed E-state index contributed by atoms with van der Waals surface area (Å²) in [5, 5.41) is 2.65. The number of ether oxygens (including phenoxy) is 1. The van der Waals surface area contributed by atoms with Crippen LogP contribution < -0.4 is 0 Å². The van der Waals surface area contributed by atoms with Crippen LogP contribution in [0.15, 0.2) is 78.2 Å². The van der Waals surface area contributed by atoms with Crippen molar-refractivity contribution in [2.75, 3.05) is 14.1 Å². The molecule has 2 aromatic carbocycles. The Labute approximate surface area is 178 Å². The molecule has 1 amide bonds. The Balaban J connectivity index is 1.77. The number of thiophene rings is 1. The van der Waals surface area contributed by atoms with Gasteiger partial charge in [-0.2, -0.15) is 0 Å². The number of hydrogen-bond donors (Lipinski definition) is 0. The van der Waals surface area contributed by atoms with Crippen molar-refractivity contribution in [2.45, 2.75) is 6.10 Å². The SMILES string of the molecule is CN(C)C(=O)[C@@H](OC(=O)c1cc(-c2cccs2)nc2ccccc12)c1ccccc1. The number of pyridine rings is 1. The Kier molecular flexibility index (Phi) is 5.59. The average molecular weight is 417 g/mol. The zero-order valence-electron chi connectivity index (χ0n) is 16.6. The number of carbonyl (C=O) groups is 2. The second-order valence-electron chi connectivity index (χ2n) is 6.98. The Bertz CT molecular complexity index is 1190. The zero-order chi connectivity index (χ0) is 21.1. The molecule has 0 radical (unpaired) electrons. The van der Waals surface area contributed by atoms with Crippen molar-refractivity contribution >= 4 is 34.1 Å². The van der Waals surface area contributed by atoms with Crippen LogP contribution in [0.1, 0.15) is 22.0 Å². The van der Waals surface area contributed by atoms with Crippen molar-refractivity contribution in [3.8, 4) is 10.6 Å². The van der Waals surface area contributed by atoms with Gasteiger partial charge in [0.1, 0.15) is 0 Å². The molecule has 0 aliphatic heterocycles. The number of rotatable bonds is 5. The predicted molar refractivity (Wildman–Crippen MR) is 118 cm³/mol. The molecule has 2 heterocycles. The van der Waals surface area contributed by atoms with E-state index in [2.05, 4.69) is 4.98 Å². The number of hydrogen-bond acceptors (Lipinski definition) is 5. The maximum atomic E-state index is 13.3. The summed E-state index contributed by atoms with van der Waals surface area (Å²) in [4.78, 5) is 33.1. The normalized spacial score (nSPS) is 11.8. The summed E-state index contributed by atoms with van der Waals surface area (Å²) >= 11 is 1.55. The fourth-order valence-electron chi connectivity index (χ4n) is 3.19. The summed E-state index contributed by atoms with van der Waals surface area (Å²) in [6.07, 6.45) is -1.02. The highest BCUT2D eigenvalue weighted by atomic mass is 32.1. The largest absolute Gasteiger partial charge is 0.444 e. The van der Waals surface area contributed by atoms with Gasteiger partial charge in [0.2, 0.25) is 6.10 Å². The second-order valence-corrected chi connectivity index (χ2v) is 7.93. The van der Waals surface area contributed by atoms with E-state index in [1.54, 1.807) is 43.6 Å². The maximum absolute atomic E-state index is 13.3. The molecule has 30 heavy (non-hydrogen) atoms. The van der Waals surface area contributed by atoms with Gasteiger partial charge in [0, 0.05) is 25.0 Å². The first kappa shape index (κ1) is 19.8. The van der Waals surface area contributed by atoms with Crippen LogP contribution in [0.3, 0.4) is 0 Å². The fourth-order valence-corrected chi connectivity index (χ4v) is 3.87. The van der Waals surface area contributed by atoms with Crippen molar-refractivity contribution in [1.29, 1.82) is 0 Å². The van der Waals surface area contributed by atoms with Crippen LogP contribution >= 0.6 is 11.3 Å². The summed E-state index contributed by atoms with van der Waals surface area (Å²) < 4.78 is 5.77. The minimum absolute atomic E-state index is 0.300. The Morgan fingerprint density at radius 1 is 0.967 bits per heavy atom. The number of carbonyl (C=O) groups excluding carboxylic acids is 2. The van der Waals surface area contributed by atoms with Gasteiger partial charge in [-0.15, -0.1) is 11.3 Å². The molecule has 4 rings (SSSR count). The molecule has 4 aromatic rings. The number of aromatic nitrogens is 1. The van der Waals surface area contributed by atoms with Gasteiger partial charge in [-0.25, -0.2) is 9.78 Å². The first-order valence-corrected chi connectivity index (χ1v) is 10.3. The molecular weight excluding hydrogens is 396 g/mol. The molecule has 150 valence electrons. The van der Waals surface area contributed by atoms with Gasteiger partial charge in [-0.05, 0) is 23.6 Å². The van der Waals surface area contributed by atoms with Gasteiger partial charge >= 0.3 is 5.97 Å². The highest BCUT2D eigenvalue weighted by Crippen LogP contribution is 2.29. The van der Waals surface area contributed by atoms with Crippen molar-refractivity contribution in [3.63, 3.8) is 0 Å². The molecule has 0 saturated carbocycles. The third-order valence-corrected chi connectivity index (χ3v) is 5.59. The van der Waals surface area contributed by atoms with E-state index in [-0.39, 0.29) is 5.91 Å². The van der Waals surface area contributed by atoms with Crippen molar-refractivity contribution < 1.29 is 14.3 Å². The van der Waals surface area contributed by atoms with Crippen LogP contribution in [-0.2, 0) is 9.53 Å². The van der Waals surface area contributed by atoms with E-state index in [0.717, 1.165) is 4.88 Å². The summed E-state index contributed by atoms with van der Waals surface area (Å²) in [6, 6.07) is 22.1. The molecule has 0 saturated heterocycles. The van der Waals surface area contributed by atoms with E-state index < -0.39 is 12.1 Å². The van der Waals surface area contributed by atoms with Crippen LogP contribution in [0.4, 0.5) is 0 Å². The lowest BCUT2D eigenvalue weighted by atomic mass is 10.1. The minimum Gasteiger partial charge on any atom is -0.444 e. The van der Waals surface area contributed by atoms with Crippen LogP contribution in [0.2, 0.25) is 0 Å². The molecular formula is C24H20N2O3S. The number of esters is 1. The number of amides is 1. The van der Waals surface area contributed by atoms with E-state index in [0.29, 0.717) is 27.7 Å². The molecule has 0 unspecified atom stereocenters. The van der Waals surface area contributed by atoms with Crippen LogP contribution in [-0.4, -0.2) is 35.9 Å². The lowest BCUT2D eigenvalue weighted by molar-refractivity contribution is -0.138. The first-order valence-electron chi connectivity index (χ1n) is 9.45. The summed E-state index contributed by atoms with van der Waals surface area (Å²) in [5.41, 5.74) is 2.41. The molecule has 2 aromatic heterocycles. The number of nitrogens with zero attached hydrogens (tertiary/aromatic N) is 2. The van der Waals surface area contributed by atoms with E-state index in [4.69, 9.17) is 4.74 Å². The molecule has 6 heteroatoms. The maximum Gasteiger partial charge on any atom is 0.340 e. The third-order valence-electron chi connectivity index (χ3n) is 4.70. The molecule has 5 nitrogen and oxygen atoms in total. The van der Waals surface area contributed by atoms with E-state index >= 15 is 0 Å². The summed E-state index contributed by atoms with van der Waals surface area (Å²) in [7, 11) is 3.28. The molecule has 1 atom stereocenters. The molecule has 0 aliphatic carbocycles. The van der Waals surface area contributed by atoms with Gasteiger partial charge in [-0.3, -0.25) is 4.79 Å². The number of fused-ring (bicyclic) bond motifs is 1. The van der Waals surface area contributed by atoms with Crippen LogP contribution in [0.25, 0.3) is 21.5 Å². The molecule has 0 bridgehead atoms. The van der Waals surface area contributed by atoms with E-state index in [9.17, 15) is 9.59 Å². The van der Waals surface area contributed by atoms with Gasteiger partial charge in [0.15, 0.2) is 0 Å². The number of likely N-dealkylation sites (N-methyl/N-ethyl adjacent to an activating group) is 1. The Morgan fingerprint density at radius 3 is 2.40 bits per heavy atom. The van der Waals surface area contributed by atoms with Crippen LogP contribution in [0.5, 0.6) is 0 Å². The van der Waals surface area contributed by atoms with E-state index in [1.165, 1.54) is 4.90 Å². The van der Waals surface area contributed by atoms with Crippen molar-refractivity contribution in [2.24, 2.45) is 0 Å². The molecule has 0 N–H and O–H groups in total. The monoisotopic (exact) mass is 416 g/mol. The predicted octanol–water partition coefficient (Wildman–Crippen LogP) is 4.95. The topological polar surface area (TPSA) is 59.5 Å². The van der Waals surface area contributed by atoms with Crippen molar-refractivity contribution in [1.82, 2.24) is 9.88 Å². The highest BCUT2D eigenvalue weighted by Gasteiger charge is 2.28. The second kappa shape index (κ2) is 8.47. The standard InChI is InChI=1S/C24H20N2O3S/c1-26(2)23(27)22(16-9-4-3-5-10-16)29-24(28)18-15-20(21-13-8-14-30-21)25-19-12-7-6-11-17(18)19/h3-15,22H,1-2H3/t22-/m0/s1. The number of para-hydroxylation sites is 1. The van der Waals surface area contributed by atoms with Gasteiger partial charge in [0.05, 0.1) is 21.7 Å². The third kappa shape index (κ3) is 3.95. The highest BCUT2D eigenvalue weighted by molar-refractivity contribution is 7.13.